The third-order valence-electron chi connectivity index (χ3n) is 2.13. The van der Waals surface area contributed by atoms with Crippen molar-refractivity contribution in [1.82, 2.24) is 0 Å². The first kappa shape index (κ1) is 11.4. The third kappa shape index (κ3) is 5.11. The van der Waals surface area contributed by atoms with Gasteiger partial charge in [0.2, 0.25) is 0 Å². The number of hydrogen-bond donors (Lipinski definition) is 0. The lowest BCUT2D eigenvalue weighted by atomic mass is 10.1. The molecule has 1 heteroatoms. The van der Waals surface area contributed by atoms with Crippen molar-refractivity contribution >= 4 is 5.78 Å². The summed E-state index contributed by atoms with van der Waals surface area (Å²) in [6, 6.07) is 0. The highest BCUT2D eigenvalue weighted by molar-refractivity contribution is 5.94. The minimum Gasteiger partial charge on any atom is -0.295 e. The number of rotatable bonds is 6. The smallest absolute Gasteiger partial charge is 0.158 e. The molecule has 0 aliphatic rings. The van der Waals surface area contributed by atoms with Crippen LogP contribution in [0.5, 0.6) is 0 Å². The van der Waals surface area contributed by atoms with E-state index in [1.54, 1.807) is 0 Å². The van der Waals surface area contributed by atoms with Gasteiger partial charge in [-0.2, -0.15) is 0 Å². The van der Waals surface area contributed by atoms with Gasteiger partial charge in [0.05, 0.1) is 0 Å². The minimum atomic E-state index is 0.314. The SMILES string of the molecule is CC=C(C)C(=O)CCCCCC. The summed E-state index contributed by atoms with van der Waals surface area (Å²) in [4.78, 5) is 11.3. The Hall–Kier alpha value is -0.590. The van der Waals surface area contributed by atoms with Gasteiger partial charge < -0.3 is 0 Å². The van der Waals surface area contributed by atoms with E-state index in [0.29, 0.717) is 5.78 Å². The molecule has 0 saturated heterocycles. The Bertz CT molecular complexity index is 156. The number of carbonyl (C=O) groups excluding carboxylic acids is 1. The Morgan fingerprint density at radius 1 is 1.25 bits per heavy atom. The molecule has 0 aliphatic heterocycles. The summed E-state index contributed by atoms with van der Waals surface area (Å²) in [5.74, 6) is 0.314. The molecule has 0 fully saturated rings. The number of hydrogen-bond acceptors (Lipinski definition) is 1. The van der Waals surface area contributed by atoms with Crippen LogP contribution >= 0.6 is 0 Å². The fourth-order valence-electron chi connectivity index (χ4n) is 1.07. The van der Waals surface area contributed by atoms with Crippen LogP contribution in [0.25, 0.3) is 0 Å². The van der Waals surface area contributed by atoms with Gasteiger partial charge in [-0.3, -0.25) is 4.79 Å². The molecule has 0 N–H and O–H groups in total. The second-order valence-corrected chi connectivity index (χ2v) is 3.21. The highest BCUT2D eigenvalue weighted by Gasteiger charge is 2.01. The Morgan fingerprint density at radius 2 is 1.92 bits per heavy atom. The number of carbonyl (C=O) groups is 1. The predicted molar refractivity (Wildman–Crippen MR) is 53.2 cm³/mol. The quantitative estimate of drug-likeness (QED) is 0.438. The van der Waals surface area contributed by atoms with Crippen LogP contribution in [0.4, 0.5) is 0 Å². The summed E-state index contributed by atoms with van der Waals surface area (Å²) >= 11 is 0. The fourth-order valence-corrected chi connectivity index (χ4v) is 1.07. The lowest BCUT2D eigenvalue weighted by Gasteiger charge is -1.99. The van der Waals surface area contributed by atoms with Crippen molar-refractivity contribution in [2.24, 2.45) is 0 Å². The zero-order valence-electron chi connectivity index (χ0n) is 8.52. The van der Waals surface area contributed by atoms with Crippen LogP contribution in [0.1, 0.15) is 52.9 Å². The van der Waals surface area contributed by atoms with E-state index >= 15 is 0 Å². The maximum absolute atomic E-state index is 11.3. The number of ketones is 1. The molecule has 1 nitrogen and oxygen atoms in total. The number of Topliss-reactive ketones (excluding diaryl/α,β-unsaturated/α-hetero) is 1. The van der Waals surface area contributed by atoms with E-state index in [-0.39, 0.29) is 0 Å². The molecule has 0 heterocycles. The highest BCUT2D eigenvalue weighted by Crippen LogP contribution is 2.06. The van der Waals surface area contributed by atoms with Crippen LogP contribution in [0.3, 0.4) is 0 Å². The van der Waals surface area contributed by atoms with E-state index in [1.807, 2.05) is 19.9 Å². The molecule has 12 heavy (non-hydrogen) atoms. The Balaban J connectivity index is 3.45. The molecular weight excluding hydrogens is 148 g/mol. The van der Waals surface area contributed by atoms with Crippen molar-refractivity contribution in [1.29, 1.82) is 0 Å². The van der Waals surface area contributed by atoms with Gasteiger partial charge in [-0.1, -0.05) is 32.3 Å². The van der Waals surface area contributed by atoms with Gasteiger partial charge in [0, 0.05) is 6.42 Å². The van der Waals surface area contributed by atoms with Crippen LogP contribution in [-0.4, -0.2) is 5.78 Å². The van der Waals surface area contributed by atoms with Crippen molar-refractivity contribution in [3.63, 3.8) is 0 Å². The van der Waals surface area contributed by atoms with Crippen molar-refractivity contribution in [3.8, 4) is 0 Å². The molecule has 0 aromatic rings. The first-order valence-corrected chi connectivity index (χ1v) is 4.88. The summed E-state index contributed by atoms with van der Waals surface area (Å²) in [5.41, 5.74) is 0.909. The third-order valence-corrected chi connectivity index (χ3v) is 2.13. The molecule has 70 valence electrons. The first-order chi connectivity index (χ1) is 5.72. The standard InChI is InChI=1S/C11H20O/c1-4-6-7-8-9-11(12)10(3)5-2/h5H,4,6-9H2,1-3H3. The molecule has 0 spiro atoms. The topological polar surface area (TPSA) is 17.1 Å². The van der Waals surface area contributed by atoms with Gasteiger partial charge in [0.1, 0.15) is 0 Å². The molecule has 0 aliphatic carbocycles. The van der Waals surface area contributed by atoms with Gasteiger partial charge in [-0.25, -0.2) is 0 Å². The Kier molecular flexibility index (Phi) is 6.73. The van der Waals surface area contributed by atoms with Crippen molar-refractivity contribution in [2.45, 2.75) is 52.9 Å². The highest BCUT2D eigenvalue weighted by atomic mass is 16.1. The van der Waals surface area contributed by atoms with E-state index in [4.69, 9.17) is 0 Å². The number of unbranched alkanes of at least 4 members (excludes halogenated alkanes) is 3. The average Bonchev–Trinajstić information content (AvgIpc) is 2.10. The van der Waals surface area contributed by atoms with Crippen LogP contribution in [0.2, 0.25) is 0 Å². The second kappa shape index (κ2) is 7.08. The summed E-state index contributed by atoms with van der Waals surface area (Å²) in [6.45, 7) is 5.99. The van der Waals surface area contributed by atoms with E-state index < -0.39 is 0 Å². The first-order valence-electron chi connectivity index (χ1n) is 4.88. The molecule has 0 atom stereocenters. The van der Waals surface area contributed by atoms with E-state index in [1.165, 1.54) is 19.3 Å². The van der Waals surface area contributed by atoms with Gasteiger partial charge in [0.25, 0.3) is 0 Å². The van der Waals surface area contributed by atoms with Crippen molar-refractivity contribution in [2.75, 3.05) is 0 Å². The van der Waals surface area contributed by atoms with Crippen molar-refractivity contribution in [3.05, 3.63) is 11.6 Å². The second-order valence-electron chi connectivity index (χ2n) is 3.21. The van der Waals surface area contributed by atoms with Gasteiger partial charge in [0.15, 0.2) is 5.78 Å². The molecule has 0 bridgehead atoms. The van der Waals surface area contributed by atoms with Gasteiger partial charge >= 0.3 is 0 Å². The van der Waals surface area contributed by atoms with Crippen molar-refractivity contribution < 1.29 is 4.79 Å². The Labute approximate surface area is 75.9 Å². The molecule has 0 saturated carbocycles. The maximum Gasteiger partial charge on any atom is 0.158 e. The number of allylic oxidation sites excluding steroid dienone is 2. The van der Waals surface area contributed by atoms with Gasteiger partial charge in [-0.05, 0) is 25.8 Å². The monoisotopic (exact) mass is 168 g/mol. The van der Waals surface area contributed by atoms with E-state index in [0.717, 1.165) is 18.4 Å². The zero-order chi connectivity index (χ0) is 9.40. The summed E-state index contributed by atoms with van der Waals surface area (Å²) < 4.78 is 0. The molecule has 0 aromatic carbocycles. The summed E-state index contributed by atoms with van der Waals surface area (Å²) in [6.07, 6.45) is 7.36. The van der Waals surface area contributed by atoms with Gasteiger partial charge in [-0.15, -0.1) is 0 Å². The lowest BCUT2D eigenvalue weighted by Crippen LogP contribution is -1.98. The molecule has 0 aromatic heterocycles. The largest absolute Gasteiger partial charge is 0.295 e. The van der Waals surface area contributed by atoms with Crippen LogP contribution < -0.4 is 0 Å². The van der Waals surface area contributed by atoms with Crippen LogP contribution in [0.15, 0.2) is 11.6 Å². The van der Waals surface area contributed by atoms with E-state index in [9.17, 15) is 4.79 Å². The lowest BCUT2D eigenvalue weighted by molar-refractivity contribution is -0.115. The molecule has 0 radical (unpaired) electrons. The summed E-state index contributed by atoms with van der Waals surface area (Å²) in [7, 11) is 0. The fraction of sp³-hybridized carbons (Fsp3) is 0.727. The van der Waals surface area contributed by atoms with Crippen LogP contribution in [-0.2, 0) is 4.79 Å². The molecule has 0 amide bonds. The minimum absolute atomic E-state index is 0.314. The van der Waals surface area contributed by atoms with E-state index in [2.05, 4.69) is 6.92 Å². The molecule has 0 unspecified atom stereocenters. The zero-order valence-corrected chi connectivity index (χ0v) is 8.52. The Morgan fingerprint density at radius 3 is 2.42 bits per heavy atom. The summed E-state index contributed by atoms with van der Waals surface area (Å²) in [5, 5.41) is 0. The maximum atomic E-state index is 11.3. The molecular formula is C11H20O. The molecule has 0 rings (SSSR count). The van der Waals surface area contributed by atoms with Crippen LogP contribution in [0, 0.1) is 0 Å². The normalized spacial score (nSPS) is 11.8. The predicted octanol–water partition coefficient (Wildman–Crippen LogP) is 3.49. The average molecular weight is 168 g/mol.